The summed E-state index contributed by atoms with van der Waals surface area (Å²) in [7, 11) is -4.27. The maximum atomic E-state index is 10.4. The maximum Gasteiger partial charge on any atom is 0.173 e. The summed E-state index contributed by atoms with van der Waals surface area (Å²) in [6.07, 6.45) is 4.20. The Hall–Kier alpha value is -4.30. The molecule has 2 heterocycles. The van der Waals surface area contributed by atoms with Crippen LogP contribution in [0.25, 0.3) is 27.5 Å². The molecule has 0 fully saturated rings. The summed E-state index contributed by atoms with van der Waals surface area (Å²) in [6.45, 7) is 2.70. The Morgan fingerprint density at radius 2 is 1.21 bits per heavy atom. The van der Waals surface area contributed by atoms with Gasteiger partial charge in [0, 0.05) is 34.2 Å². The molecule has 6 nitrogen and oxygen atoms in total. The van der Waals surface area contributed by atoms with Crippen molar-refractivity contribution < 1.29 is 23.0 Å². The molecule has 0 aliphatic heterocycles. The fourth-order valence-electron chi connectivity index (χ4n) is 4.41. The number of benzene rings is 4. The standard InChI is InChI=1S/C24H19N2.C7H8O3S.H2O/c1-6-16-25(17-7-1)18-19-12-14-20(15-13-19)26-23-10-4-2-8-21(23)22-9-3-5-11-24(22)26;1-6-2-4-7(5-3-6)11(8,9)10;/h1-17H,18H2;2-5H,1H3,(H,8,9,10);1H2/q+1;;/p-1. The molecule has 0 saturated carbocycles. The lowest BCUT2D eigenvalue weighted by molar-refractivity contribution is -0.688. The summed E-state index contributed by atoms with van der Waals surface area (Å²) in [6, 6.07) is 38.1. The van der Waals surface area contributed by atoms with Gasteiger partial charge in [-0.15, -0.1) is 0 Å². The molecule has 0 aliphatic rings. The van der Waals surface area contributed by atoms with Crippen LogP contribution in [0, 0.1) is 6.92 Å². The second kappa shape index (κ2) is 11.4. The number of aryl methyl sites for hydroxylation is 1. The minimum Gasteiger partial charge on any atom is -0.744 e. The van der Waals surface area contributed by atoms with Crippen LogP contribution in [0.3, 0.4) is 0 Å². The number of nitrogens with zero attached hydrogens (tertiary/aromatic N) is 2. The van der Waals surface area contributed by atoms with Crippen LogP contribution in [0.4, 0.5) is 0 Å². The third kappa shape index (κ3) is 5.81. The van der Waals surface area contributed by atoms with E-state index in [4.69, 9.17) is 0 Å². The largest absolute Gasteiger partial charge is 0.744 e. The van der Waals surface area contributed by atoms with Gasteiger partial charge in [0.05, 0.1) is 15.9 Å². The highest BCUT2D eigenvalue weighted by Crippen LogP contribution is 2.31. The van der Waals surface area contributed by atoms with E-state index in [0.29, 0.717) is 0 Å². The third-order valence-corrected chi connectivity index (χ3v) is 7.08. The Labute approximate surface area is 222 Å². The average Bonchev–Trinajstić information content (AvgIpc) is 3.24. The molecule has 0 unspecified atom stereocenters. The van der Waals surface area contributed by atoms with Gasteiger partial charge in [-0.3, -0.25) is 0 Å². The fourth-order valence-corrected chi connectivity index (χ4v) is 4.88. The second-order valence-corrected chi connectivity index (χ2v) is 10.2. The van der Waals surface area contributed by atoms with Gasteiger partial charge in [-0.1, -0.05) is 72.3 Å². The number of hydrogen-bond donors (Lipinski definition) is 0. The first-order valence-electron chi connectivity index (χ1n) is 11.9. The third-order valence-electron chi connectivity index (χ3n) is 6.23. The van der Waals surface area contributed by atoms with Crippen molar-refractivity contribution in [3.8, 4) is 5.69 Å². The number of fused-ring (bicyclic) bond motifs is 3. The van der Waals surface area contributed by atoms with E-state index < -0.39 is 10.1 Å². The quantitative estimate of drug-likeness (QED) is 0.234. The van der Waals surface area contributed by atoms with Crippen molar-refractivity contribution >= 4 is 31.9 Å². The number of pyridine rings is 1. The van der Waals surface area contributed by atoms with E-state index in [9.17, 15) is 13.0 Å². The number of hydrogen-bond acceptors (Lipinski definition) is 3. The fraction of sp³-hybridized carbons (Fsp3) is 0.0645. The predicted octanol–water partition coefficient (Wildman–Crippen LogP) is 5.19. The molecule has 2 aromatic heterocycles. The van der Waals surface area contributed by atoms with Crippen LogP contribution in [0.15, 0.2) is 133 Å². The molecule has 192 valence electrons. The van der Waals surface area contributed by atoms with Crippen molar-refractivity contribution in [2.75, 3.05) is 0 Å². The molecule has 0 atom stereocenters. The molecular formula is C31H28N2O4S. The zero-order valence-electron chi connectivity index (χ0n) is 20.9. The highest BCUT2D eigenvalue weighted by atomic mass is 32.2. The van der Waals surface area contributed by atoms with Crippen molar-refractivity contribution in [2.24, 2.45) is 0 Å². The molecule has 0 bridgehead atoms. The summed E-state index contributed by atoms with van der Waals surface area (Å²) in [5.74, 6) is 0. The van der Waals surface area contributed by atoms with Crippen LogP contribution in [0.2, 0.25) is 0 Å². The summed E-state index contributed by atoms with van der Waals surface area (Å²) in [4.78, 5) is -0.178. The van der Waals surface area contributed by atoms with Crippen molar-refractivity contribution in [1.82, 2.24) is 4.57 Å². The van der Waals surface area contributed by atoms with Gasteiger partial charge in [0.15, 0.2) is 18.9 Å². The molecule has 2 N–H and O–H groups in total. The van der Waals surface area contributed by atoms with E-state index in [1.165, 1.54) is 45.2 Å². The molecule has 6 aromatic rings. The van der Waals surface area contributed by atoms with Gasteiger partial charge in [-0.2, -0.15) is 0 Å². The first kappa shape index (κ1) is 26.8. The van der Waals surface area contributed by atoms with Gasteiger partial charge in [-0.05, 0) is 43.3 Å². The smallest absolute Gasteiger partial charge is 0.173 e. The first-order valence-corrected chi connectivity index (χ1v) is 13.4. The lowest BCUT2D eigenvalue weighted by Crippen LogP contribution is -2.32. The normalized spacial score (nSPS) is 11.0. The van der Waals surface area contributed by atoms with Crippen molar-refractivity contribution in [2.45, 2.75) is 18.4 Å². The van der Waals surface area contributed by atoms with Crippen LogP contribution in [-0.4, -0.2) is 23.0 Å². The Balaban J connectivity index is 0.000000238. The number of para-hydroxylation sites is 2. The molecule has 38 heavy (non-hydrogen) atoms. The zero-order valence-corrected chi connectivity index (χ0v) is 21.7. The van der Waals surface area contributed by atoms with Gasteiger partial charge in [0.25, 0.3) is 0 Å². The summed E-state index contributed by atoms with van der Waals surface area (Å²) < 4.78 is 35.7. The Bertz CT molecular complexity index is 1710. The molecule has 0 saturated heterocycles. The number of rotatable bonds is 4. The minimum absolute atomic E-state index is 0. The van der Waals surface area contributed by atoms with E-state index in [0.717, 1.165) is 12.1 Å². The lowest BCUT2D eigenvalue weighted by atomic mass is 10.2. The Morgan fingerprint density at radius 3 is 1.74 bits per heavy atom. The summed E-state index contributed by atoms with van der Waals surface area (Å²) in [5, 5.41) is 2.60. The highest BCUT2D eigenvalue weighted by molar-refractivity contribution is 7.85. The van der Waals surface area contributed by atoms with Crippen LogP contribution >= 0.6 is 0 Å². The summed E-state index contributed by atoms with van der Waals surface area (Å²) >= 11 is 0. The molecule has 7 heteroatoms. The van der Waals surface area contributed by atoms with Crippen LogP contribution in [0.5, 0.6) is 0 Å². The van der Waals surface area contributed by atoms with E-state index in [2.05, 4.69) is 106 Å². The van der Waals surface area contributed by atoms with Gasteiger partial charge < -0.3 is 14.6 Å². The van der Waals surface area contributed by atoms with Crippen molar-refractivity contribution in [3.63, 3.8) is 0 Å². The minimum atomic E-state index is -4.27. The monoisotopic (exact) mass is 524 g/mol. The van der Waals surface area contributed by atoms with Gasteiger partial charge in [0.1, 0.15) is 10.1 Å². The van der Waals surface area contributed by atoms with Crippen LogP contribution in [-0.2, 0) is 16.7 Å². The SMILES string of the molecule is Cc1ccc(S(=O)(=O)[O-])cc1.O.c1cc[n+](Cc2ccc(-n3c4ccccc4c4ccccc43)cc2)cc1. The summed E-state index contributed by atoms with van der Waals surface area (Å²) in [5.41, 5.74) is 5.92. The Morgan fingerprint density at radius 1 is 0.684 bits per heavy atom. The number of aromatic nitrogens is 2. The van der Waals surface area contributed by atoms with Gasteiger partial charge in [-0.25, -0.2) is 13.0 Å². The zero-order chi connectivity index (χ0) is 25.8. The maximum absolute atomic E-state index is 10.4. The molecule has 0 aliphatic carbocycles. The van der Waals surface area contributed by atoms with E-state index in [-0.39, 0.29) is 10.4 Å². The molecule has 4 aromatic carbocycles. The van der Waals surface area contributed by atoms with E-state index >= 15 is 0 Å². The second-order valence-electron chi connectivity index (χ2n) is 8.85. The molecule has 0 amide bonds. The van der Waals surface area contributed by atoms with Crippen LogP contribution in [0.1, 0.15) is 11.1 Å². The molecule has 0 radical (unpaired) electrons. The van der Waals surface area contributed by atoms with Gasteiger partial charge in [0.2, 0.25) is 0 Å². The van der Waals surface area contributed by atoms with Gasteiger partial charge >= 0.3 is 0 Å². The van der Waals surface area contributed by atoms with E-state index in [1.807, 2.05) is 13.0 Å². The van der Waals surface area contributed by atoms with Crippen molar-refractivity contribution in [1.29, 1.82) is 0 Å². The lowest BCUT2D eigenvalue weighted by Gasteiger charge is -2.08. The molecule has 0 spiro atoms. The molecular weight excluding hydrogens is 496 g/mol. The van der Waals surface area contributed by atoms with E-state index in [1.54, 1.807) is 12.1 Å². The predicted molar refractivity (Wildman–Crippen MR) is 149 cm³/mol. The topological polar surface area (TPSA) is 97.5 Å². The van der Waals surface area contributed by atoms with Crippen molar-refractivity contribution in [3.05, 3.63) is 139 Å². The highest BCUT2D eigenvalue weighted by Gasteiger charge is 2.11. The first-order chi connectivity index (χ1) is 17.9. The molecule has 6 rings (SSSR count). The van der Waals surface area contributed by atoms with Crippen LogP contribution < -0.4 is 4.57 Å². The Kier molecular flexibility index (Phi) is 8.02. The average molecular weight is 525 g/mol.